The minimum atomic E-state index is 0. The monoisotopic (exact) mass is 396 g/mol. The number of carbonyl (C=O) groups excluding carboxylic acids is 1. The number of hydrogen-bond acceptors (Lipinski definition) is 4. The molecule has 0 atom stereocenters. The van der Waals surface area contributed by atoms with Gasteiger partial charge in [0.1, 0.15) is 13.2 Å². The van der Waals surface area contributed by atoms with Crippen LogP contribution >= 0.6 is 24.0 Å². The number of benzene rings is 2. The lowest BCUT2D eigenvalue weighted by Gasteiger charge is -2.20. The second-order valence-corrected chi connectivity index (χ2v) is 6.31. The van der Waals surface area contributed by atoms with Gasteiger partial charge >= 0.3 is 0 Å². The highest BCUT2D eigenvalue weighted by Gasteiger charge is 2.16. The normalized spacial score (nSPS) is 12.2. The van der Waals surface area contributed by atoms with Crippen LogP contribution in [0.1, 0.15) is 17.5 Å². The Labute approximate surface area is 164 Å². The van der Waals surface area contributed by atoms with Crippen molar-refractivity contribution < 1.29 is 14.3 Å². The average molecular weight is 397 g/mol. The molecule has 0 aromatic heterocycles. The lowest BCUT2D eigenvalue weighted by atomic mass is 10.1. The van der Waals surface area contributed by atoms with E-state index >= 15 is 0 Å². The molecule has 0 unspecified atom stereocenters. The van der Waals surface area contributed by atoms with Gasteiger partial charge in [-0.3, -0.25) is 4.79 Å². The summed E-state index contributed by atoms with van der Waals surface area (Å²) in [6.45, 7) is 1.57. The summed E-state index contributed by atoms with van der Waals surface area (Å²) in [6.07, 6.45) is 1.72. The number of anilines is 1. The molecule has 0 spiro atoms. The van der Waals surface area contributed by atoms with E-state index in [1.807, 2.05) is 36.4 Å². The van der Waals surface area contributed by atoms with Gasteiger partial charge in [0.2, 0.25) is 5.91 Å². The Morgan fingerprint density at radius 1 is 1.15 bits per heavy atom. The van der Waals surface area contributed by atoms with Crippen molar-refractivity contribution in [2.24, 2.45) is 0 Å². The minimum absolute atomic E-state index is 0. The first kappa shape index (κ1) is 20.2. The highest BCUT2D eigenvalue weighted by Crippen LogP contribution is 2.38. The highest BCUT2D eigenvalue weighted by molar-refractivity contribution is 6.32. The molecule has 3 N–H and O–H groups in total. The third-order valence-electron chi connectivity index (χ3n) is 4.07. The Hall–Kier alpha value is -2.11. The first-order chi connectivity index (χ1) is 12.1. The topological polar surface area (TPSA) is 73.6 Å². The summed E-state index contributed by atoms with van der Waals surface area (Å²) in [5.41, 5.74) is 8.61. The van der Waals surface area contributed by atoms with E-state index in [2.05, 4.69) is 5.32 Å². The van der Waals surface area contributed by atoms with E-state index in [1.54, 1.807) is 0 Å². The smallest absolute Gasteiger partial charge is 0.220 e. The van der Waals surface area contributed by atoms with Crippen molar-refractivity contribution in [2.75, 3.05) is 25.5 Å². The summed E-state index contributed by atoms with van der Waals surface area (Å²) in [5, 5.41) is 3.47. The van der Waals surface area contributed by atoms with Crippen molar-refractivity contribution in [3.63, 3.8) is 0 Å². The summed E-state index contributed by atoms with van der Waals surface area (Å²) >= 11 is 6.22. The largest absolute Gasteiger partial charge is 0.486 e. The molecule has 2 aromatic carbocycles. The minimum Gasteiger partial charge on any atom is -0.486 e. The van der Waals surface area contributed by atoms with E-state index in [-0.39, 0.29) is 18.3 Å². The molecule has 1 aliphatic heterocycles. The fourth-order valence-electron chi connectivity index (χ4n) is 2.75. The molecular weight excluding hydrogens is 375 g/mol. The number of nitrogen functional groups attached to an aromatic ring is 1. The van der Waals surface area contributed by atoms with Gasteiger partial charge in [0, 0.05) is 18.7 Å². The molecule has 26 heavy (non-hydrogen) atoms. The second kappa shape index (κ2) is 9.55. The molecule has 0 bridgehead atoms. The zero-order chi connectivity index (χ0) is 17.6. The fraction of sp³-hybridized carbons (Fsp3) is 0.316. The molecule has 0 aliphatic carbocycles. The molecule has 0 fully saturated rings. The summed E-state index contributed by atoms with van der Waals surface area (Å²) in [5.74, 6) is 1.27. The Kier molecular flexibility index (Phi) is 7.42. The maximum Gasteiger partial charge on any atom is 0.220 e. The number of hydrogen-bond donors (Lipinski definition) is 2. The van der Waals surface area contributed by atoms with Gasteiger partial charge in [0.25, 0.3) is 0 Å². The van der Waals surface area contributed by atoms with E-state index in [0.717, 1.165) is 16.8 Å². The van der Waals surface area contributed by atoms with Crippen LogP contribution in [0.5, 0.6) is 11.5 Å². The quantitative estimate of drug-likeness (QED) is 0.733. The number of nitrogens with two attached hydrogens (primary N) is 1. The van der Waals surface area contributed by atoms with Crippen LogP contribution in [0.4, 0.5) is 5.69 Å². The number of para-hydroxylation sites is 1. The molecule has 0 radical (unpaired) electrons. The average Bonchev–Trinajstić information content (AvgIpc) is 2.61. The molecule has 2 aromatic rings. The van der Waals surface area contributed by atoms with Gasteiger partial charge in [-0.2, -0.15) is 0 Å². The van der Waals surface area contributed by atoms with Crippen LogP contribution in [0.15, 0.2) is 36.4 Å². The van der Waals surface area contributed by atoms with Crippen LogP contribution in [0.2, 0.25) is 5.02 Å². The van der Waals surface area contributed by atoms with Crippen molar-refractivity contribution in [3.05, 3.63) is 52.5 Å². The zero-order valence-corrected chi connectivity index (χ0v) is 15.9. The van der Waals surface area contributed by atoms with Crippen LogP contribution < -0.4 is 20.5 Å². The Morgan fingerprint density at radius 3 is 2.73 bits per heavy atom. The molecular formula is C19H22Cl2N2O3. The van der Waals surface area contributed by atoms with Gasteiger partial charge < -0.3 is 20.5 Å². The summed E-state index contributed by atoms with van der Waals surface area (Å²) in [4.78, 5) is 12.0. The first-order valence-corrected chi connectivity index (χ1v) is 8.69. The number of amides is 1. The van der Waals surface area contributed by atoms with Crippen LogP contribution in [0.25, 0.3) is 0 Å². The van der Waals surface area contributed by atoms with Gasteiger partial charge in [0.05, 0.1) is 5.02 Å². The maximum absolute atomic E-state index is 12.0. The predicted molar refractivity (Wildman–Crippen MR) is 106 cm³/mol. The lowest BCUT2D eigenvalue weighted by Crippen LogP contribution is -2.26. The molecule has 140 valence electrons. The Balaban J connectivity index is 0.00000243. The molecule has 1 amide bonds. The SMILES string of the molecule is Cl.Nc1ccccc1CCC(=O)NCCc1cc(Cl)c2c(c1)OCCO2. The zero-order valence-electron chi connectivity index (χ0n) is 14.3. The van der Waals surface area contributed by atoms with Crippen LogP contribution in [0, 0.1) is 0 Å². The van der Waals surface area contributed by atoms with Crippen molar-refractivity contribution in [1.29, 1.82) is 0 Å². The Morgan fingerprint density at radius 2 is 1.92 bits per heavy atom. The number of fused-ring (bicyclic) bond motifs is 1. The Bertz CT molecular complexity index is 768. The van der Waals surface area contributed by atoms with Crippen LogP contribution in [0.3, 0.4) is 0 Å². The predicted octanol–water partition coefficient (Wildman–Crippen LogP) is 3.41. The van der Waals surface area contributed by atoms with E-state index in [0.29, 0.717) is 55.5 Å². The van der Waals surface area contributed by atoms with E-state index in [9.17, 15) is 4.79 Å². The van der Waals surface area contributed by atoms with Crippen LogP contribution in [-0.4, -0.2) is 25.7 Å². The molecule has 7 heteroatoms. The number of nitrogens with one attached hydrogen (secondary N) is 1. The molecule has 0 saturated heterocycles. The molecule has 3 rings (SSSR count). The molecule has 1 aliphatic rings. The summed E-state index contributed by atoms with van der Waals surface area (Å²) in [7, 11) is 0. The third-order valence-corrected chi connectivity index (χ3v) is 4.35. The number of rotatable bonds is 6. The second-order valence-electron chi connectivity index (χ2n) is 5.90. The van der Waals surface area contributed by atoms with Crippen molar-refractivity contribution in [2.45, 2.75) is 19.3 Å². The third kappa shape index (κ3) is 5.19. The van der Waals surface area contributed by atoms with Crippen LogP contribution in [-0.2, 0) is 17.6 Å². The molecule has 1 heterocycles. The molecule has 0 saturated carbocycles. The fourth-order valence-corrected chi connectivity index (χ4v) is 3.04. The van der Waals surface area contributed by atoms with Crippen molar-refractivity contribution in [1.82, 2.24) is 5.32 Å². The number of halogens is 2. The summed E-state index contributed by atoms with van der Waals surface area (Å²) in [6, 6.07) is 11.4. The van der Waals surface area contributed by atoms with E-state index < -0.39 is 0 Å². The van der Waals surface area contributed by atoms with Gasteiger partial charge in [-0.25, -0.2) is 0 Å². The van der Waals surface area contributed by atoms with Gasteiger partial charge in [-0.1, -0.05) is 29.8 Å². The number of ether oxygens (including phenoxy) is 2. The highest BCUT2D eigenvalue weighted by atomic mass is 35.5. The van der Waals surface area contributed by atoms with Gasteiger partial charge in [-0.15, -0.1) is 12.4 Å². The summed E-state index contributed by atoms with van der Waals surface area (Å²) < 4.78 is 11.1. The van der Waals surface area contributed by atoms with Gasteiger partial charge in [0.15, 0.2) is 11.5 Å². The standard InChI is InChI=1S/C19H21ClN2O3.ClH/c20-15-11-13(12-17-19(15)25-10-9-24-17)7-8-22-18(23)6-5-14-3-1-2-4-16(14)21;/h1-4,11-12H,5-10,21H2,(H,22,23);1H. The lowest BCUT2D eigenvalue weighted by molar-refractivity contribution is -0.121. The number of aryl methyl sites for hydroxylation is 1. The van der Waals surface area contributed by atoms with E-state index in [1.165, 1.54) is 0 Å². The maximum atomic E-state index is 12.0. The van der Waals surface area contributed by atoms with Gasteiger partial charge in [-0.05, 0) is 42.2 Å². The first-order valence-electron chi connectivity index (χ1n) is 8.31. The van der Waals surface area contributed by atoms with Crippen molar-refractivity contribution in [3.8, 4) is 11.5 Å². The molecule has 5 nitrogen and oxygen atoms in total. The van der Waals surface area contributed by atoms with Crippen molar-refractivity contribution >= 4 is 35.6 Å². The van der Waals surface area contributed by atoms with E-state index in [4.69, 9.17) is 26.8 Å². The number of carbonyl (C=O) groups is 1.